The summed E-state index contributed by atoms with van der Waals surface area (Å²) < 4.78 is 0. The largest absolute Gasteiger partial charge is 0.164 e. The normalized spacial score (nSPS) is 11.4. The summed E-state index contributed by atoms with van der Waals surface area (Å²) in [6, 6.07) is 48.6. The fraction of sp³-hybridized carbons (Fsp3) is 0.0588. The number of rotatable bonds is 6. The summed E-state index contributed by atoms with van der Waals surface area (Å²) in [4.78, 5) is 1.88. The van der Waals surface area contributed by atoms with E-state index in [4.69, 9.17) is 10.2 Å². The minimum Gasteiger partial charge on any atom is -0.164 e. The molecule has 0 aliphatic rings. The van der Waals surface area contributed by atoms with E-state index in [2.05, 4.69) is 128 Å². The Bertz CT molecular complexity index is 1510. The molecule has 0 aliphatic carbocycles. The quantitative estimate of drug-likeness (QED) is 0.230. The van der Waals surface area contributed by atoms with Gasteiger partial charge in [-0.3, -0.25) is 0 Å². The van der Waals surface area contributed by atoms with E-state index < -0.39 is 5.54 Å². The number of hydrogen-bond donors (Lipinski definition) is 0. The zero-order valence-corrected chi connectivity index (χ0v) is 20.7. The molecule has 0 saturated carbocycles. The van der Waals surface area contributed by atoms with E-state index in [-0.39, 0.29) is 0 Å². The first-order chi connectivity index (χ1) is 18.3. The summed E-state index contributed by atoms with van der Waals surface area (Å²) in [5.74, 6) is 0. The molecule has 0 spiro atoms. The first kappa shape index (κ1) is 22.7. The van der Waals surface area contributed by atoms with E-state index >= 15 is 0 Å². The molecule has 3 nitrogen and oxygen atoms in total. The van der Waals surface area contributed by atoms with E-state index in [1.807, 2.05) is 29.2 Å². The molecule has 1 aromatic heterocycles. The van der Waals surface area contributed by atoms with E-state index in [1.54, 1.807) is 0 Å². The van der Waals surface area contributed by atoms with Crippen molar-refractivity contribution >= 4 is 0 Å². The van der Waals surface area contributed by atoms with Gasteiger partial charge in [0, 0.05) is 5.56 Å². The Balaban J connectivity index is 1.59. The highest BCUT2D eigenvalue weighted by Gasteiger charge is 2.40. The van der Waals surface area contributed by atoms with Gasteiger partial charge in [0.25, 0.3) is 0 Å². The van der Waals surface area contributed by atoms with Crippen LogP contribution in [-0.2, 0) is 5.54 Å². The molecule has 0 N–H and O–H groups in total. The van der Waals surface area contributed by atoms with Crippen molar-refractivity contribution in [3.8, 4) is 22.4 Å². The zero-order chi connectivity index (χ0) is 25.1. The molecule has 0 aliphatic heterocycles. The van der Waals surface area contributed by atoms with Crippen molar-refractivity contribution in [2.24, 2.45) is 0 Å². The first-order valence-corrected chi connectivity index (χ1v) is 12.5. The van der Waals surface area contributed by atoms with Crippen LogP contribution in [0.2, 0.25) is 0 Å². The minimum atomic E-state index is -0.735. The van der Waals surface area contributed by atoms with Gasteiger partial charge in [-0.05, 0) is 34.7 Å². The zero-order valence-electron chi connectivity index (χ0n) is 20.7. The molecular formula is C34H27N3. The third-order valence-corrected chi connectivity index (χ3v) is 6.93. The summed E-state index contributed by atoms with van der Waals surface area (Å²) in [6.45, 7) is 2.11. The molecule has 0 unspecified atom stereocenters. The van der Waals surface area contributed by atoms with E-state index in [0.29, 0.717) is 0 Å². The average molecular weight is 478 g/mol. The lowest BCUT2D eigenvalue weighted by atomic mass is 9.77. The van der Waals surface area contributed by atoms with Gasteiger partial charge in [-0.2, -0.15) is 15.0 Å². The topological polar surface area (TPSA) is 30.7 Å². The lowest BCUT2D eigenvalue weighted by molar-refractivity contribution is 0.405. The van der Waals surface area contributed by atoms with Crippen molar-refractivity contribution in [2.75, 3.05) is 0 Å². The maximum Gasteiger partial charge on any atom is 0.157 e. The third kappa shape index (κ3) is 4.05. The Morgan fingerprint density at radius 3 is 1.49 bits per heavy atom. The van der Waals surface area contributed by atoms with Crippen LogP contribution in [0.1, 0.15) is 22.3 Å². The molecule has 1 heterocycles. The van der Waals surface area contributed by atoms with Gasteiger partial charge in [-0.25, -0.2) is 0 Å². The molecule has 0 amide bonds. The van der Waals surface area contributed by atoms with Crippen molar-refractivity contribution < 1.29 is 0 Å². The number of benzene rings is 5. The summed E-state index contributed by atoms with van der Waals surface area (Å²) in [7, 11) is 0. The second-order valence-corrected chi connectivity index (χ2v) is 9.24. The Labute approximate surface area is 217 Å². The van der Waals surface area contributed by atoms with Gasteiger partial charge < -0.3 is 0 Å². The molecule has 5 aromatic carbocycles. The molecule has 37 heavy (non-hydrogen) atoms. The highest BCUT2D eigenvalue weighted by Crippen LogP contribution is 2.40. The summed E-state index contributed by atoms with van der Waals surface area (Å²) in [5, 5.41) is 10.1. The molecule has 0 saturated heterocycles. The van der Waals surface area contributed by atoms with E-state index in [1.165, 1.54) is 5.56 Å². The monoisotopic (exact) mass is 477 g/mol. The van der Waals surface area contributed by atoms with Crippen LogP contribution < -0.4 is 0 Å². The Kier molecular flexibility index (Phi) is 5.95. The van der Waals surface area contributed by atoms with Gasteiger partial charge in [0.1, 0.15) is 5.69 Å². The van der Waals surface area contributed by atoms with Crippen LogP contribution in [0, 0.1) is 6.92 Å². The van der Waals surface area contributed by atoms with Crippen LogP contribution in [0.3, 0.4) is 0 Å². The average Bonchev–Trinajstić information content (AvgIpc) is 3.46. The van der Waals surface area contributed by atoms with Gasteiger partial charge in [0.2, 0.25) is 0 Å². The molecule has 6 aromatic rings. The van der Waals surface area contributed by atoms with Crippen LogP contribution in [0.4, 0.5) is 0 Å². The maximum absolute atomic E-state index is 5.19. The van der Waals surface area contributed by atoms with Crippen molar-refractivity contribution in [2.45, 2.75) is 12.5 Å². The fourth-order valence-corrected chi connectivity index (χ4v) is 5.12. The van der Waals surface area contributed by atoms with Crippen molar-refractivity contribution in [1.29, 1.82) is 0 Å². The molecule has 0 bridgehead atoms. The maximum atomic E-state index is 5.19. The van der Waals surface area contributed by atoms with Crippen LogP contribution >= 0.6 is 0 Å². The second kappa shape index (κ2) is 9.71. The molecule has 0 radical (unpaired) electrons. The lowest BCUT2D eigenvalue weighted by Gasteiger charge is -2.34. The molecular weight excluding hydrogens is 450 g/mol. The van der Waals surface area contributed by atoms with Gasteiger partial charge in [0.05, 0.1) is 6.20 Å². The fourth-order valence-electron chi connectivity index (χ4n) is 5.12. The summed E-state index contributed by atoms with van der Waals surface area (Å²) >= 11 is 0. The molecule has 6 rings (SSSR count). The first-order valence-electron chi connectivity index (χ1n) is 12.5. The number of aromatic nitrogens is 3. The Morgan fingerprint density at radius 1 is 0.514 bits per heavy atom. The van der Waals surface area contributed by atoms with E-state index in [0.717, 1.165) is 39.1 Å². The summed E-state index contributed by atoms with van der Waals surface area (Å²) in [5.41, 5.74) is 8.00. The van der Waals surface area contributed by atoms with Crippen molar-refractivity contribution in [3.63, 3.8) is 0 Å². The van der Waals surface area contributed by atoms with Crippen LogP contribution in [0.5, 0.6) is 0 Å². The SMILES string of the molecule is Cc1ccc(-c2ccccc2-c2cnn(C(c3ccccc3)(c3ccccc3)c3ccccc3)n2)cc1. The highest BCUT2D eigenvalue weighted by atomic mass is 15.5. The smallest absolute Gasteiger partial charge is 0.157 e. The van der Waals surface area contributed by atoms with Gasteiger partial charge in [-0.1, -0.05) is 145 Å². The van der Waals surface area contributed by atoms with Gasteiger partial charge in [0.15, 0.2) is 5.54 Å². The second-order valence-electron chi connectivity index (χ2n) is 9.24. The molecule has 0 fully saturated rings. The van der Waals surface area contributed by atoms with Crippen LogP contribution in [-0.4, -0.2) is 15.0 Å². The minimum absolute atomic E-state index is 0.735. The van der Waals surface area contributed by atoms with Gasteiger partial charge >= 0.3 is 0 Å². The third-order valence-electron chi connectivity index (χ3n) is 6.93. The molecule has 0 atom stereocenters. The standard InChI is InChI=1S/C34H27N3/c1-26-21-23-27(24-22-26)31-19-11-12-20-32(31)33-25-35-37(36-33)34(28-13-5-2-6-14-28,29-15-7-3-8-16-29)30-17-9-4-10-18-30/h2-25H,1H3. The van der Waals surface area contributed by atoms with Crippen molar-refractivity contribution in [1.82, 2.24) is 15.0 Å². The Hall–Kier alpha value is -4.76. The van der Waals surface area contributed by atoms with Gasteiger partial charge in [-0.15, -0.1) is 0 Å². The predicted octanol–water partition coefficient (Wildman–Crippen LogP) is 7.76. The lowest BCUT2D eigenvalue weighted by Crippen LogP contribution is -2.39. The number of hydrogen-bond acceptors (Lipinski definition) is 2. The van der Waals surface area contributed by atoms with Crippen LogP contribution in [0.25, 0.3) is 22.4 Å². The summed E-state index contributed by atoms with van der Waals surface area (Å²) in [6.07, 6.45) is 1.89. The number of aryl methyl sites for hydroxylation is 1. The Morgan fingerprint density at radius 2 is 0.973 bits per heavy atom. The van der Waals surface area contributed by atoms with Crippen molar-refractivity contribution in [3.05, 3.63) is 168 Å². The molecule has 178 valence electrons. The predicted molar refractivity (Wildman–Crippen MR) is 150 cm³/mol. The number of nitrogens with zero attached hydrogens (tertiary/aromatic N) is 3. The van der Waals surface area contributed by atoms with Crippen LogP contribution in [0.15, 0.2) is 146 Å². The molecule has 3 heteroatoms. The highest BCUT2D eigenvalue weighted by molar-refractivity contribution is 5.81. The van der Waals surface area contributed by atoms with E-state index in [9.17, 15) is 0 Å².